The Kier molecular flexibility index (Phi) is 9.34. The van der Waals surface area contributed by atoms with Gasteiger partial charge in [-0.1, -0.05) is 6.42 Å². The number of likely N-dealkylation sites (N-methyl/N-ethyl adjacent to an activating group) is 1. The van der Waals surface area contributed by atoms with Gasteiger partial charge in [0.25, 0.3) is 0 Å². The van der Waals surface area contributed by atoms with E-state index in [1.807, 2.05) is 11.8 Å². The highest BCUT2D eigenvalue weighted by molar-refractivity contribution is 8.00. The largest absolute Gasteiger partial charge is 0.353 e. The van der Waals surface area contributed by atoms with Crippen LogP contribution in [0, 0.1) is 23.7 Å². The molecule has 7 unspecified atom stereocenters. The van der Waals surface area contributed by atoms with Gasteiger partial charge in [-0.15, -0.1) is 11.8 Å². The monoisotopic (exact) mass is 481 g/mol. The summed E-state index contributed by atoms with van der Waals surface area (Å²) in [4.78, 5) is 15.8. The molecule has 3 aliphatic heterocycles. The van der Waals surface area contributed by atoms with Gasteiger partial charge in [-0.3, -0.25) is 15.5 Å². The molecule has 33 heavy (non-hydrogen) atoms. The molecule has 0 aromatic rings. The van der Waals surface area contributed by atoms with Gasteiger partial charge in [0.2, 0.25) is 5.91 Å². The van der Waals surface area contributed by atoms with E-state index < -0.39 is 0 Å². The zero-order valence-corrected chi connectivity index (χ0v) is 21.7. The van der Waals surface area contributed by atoms with E-state index in [0.29, 0.717) is 29.3 Å². The molecule has 1 aliphatic carbocycles. The molecule has 4 aliphatic rings. The van der Waals surface area contributed by atoms with Gasteiger partial charge in [0.1, 0.15) is 0 Å². The van der Waals surface area contributed by atoms with Gasteiger partial charge in [-0.25, -0.2) is 5.01 Å². The molecule has 0 aromatic heterocycles. The number of hydrogen-bond acceptors (Lipinski definition) is 8. The number of carbonyl (C=O) groups is 1. The first-order chi connectivity index (χ1) is 16.0. The molecule has 4 fully saturated rings. The van der Waals surface area contributed by atoms with E-state index in [0.717, 1.165) is 57.4 Å². The Morgan fingerprint density at radius 2 is 2.15 bits per heavy atom. The number of nitrogens with zero attached hydrogens (tertiary/aromatic N) is 2. The number of amides is 1. The van der Waals surface area contributed by atoms with E-state index in [1.165, 1.54) is 25.7 Å². The van der Waals surface area contributed by atoms with Crippen LogP contribution in [0.4, 0.5) is 0 Å². The van der Waals surface area contributed by atoms with Crippen molar-refractivity contribution >= 4 is 17.7 Å². The molecular formula is C24H47N7OS. The molecule has 4 rings (SSSR count). The maximum absolute atomic E-state index is 13.4. The van der Waals surface area contributed by atoms with Gasteiger partial charge in [0, 0.05) is 68.9 Å². The van der Waals surface area contributed by atoms with Crippen LogP contribution >= 0.6 is 11.8 Å². The van der Waals surface area contributed by atoms with Crippen LogP contribution in [0.2, 0.25) is 0 Å². The highest BCUT2D eigenvalue weighted by atomic mass is 32.2. The zero-order valence-electron chi connectivity index (χ0n) is 20.9. The van der Waals surface area contributed by atoms with Crippen molar-refractivity contribution in [2.24, 2.45) is 29.4 Å². The fourth-order valence-electron chi connectivity index (χ4n) is 6.61. The van der Waals surface area contributed by atoms with Crippen LogP contribution in [0.5, 0.6) is 0 Å². The van der Waals surface area contributed by atoms with Crippen LogP contribution in [0.1, 0.15) is 46.0 Å². The standard InChI is InChI=1S/C24H47N7OS/c1-16(2)31-23-20(13-28-31)19(24(32)27-14-22-26-8-10-33-22)12-21(29-23)18-6-4-5-17(11-18)15-30(3)9-7-25/h16-23,26,28-29H,4-15,25H2,1-3H3,(H,27,32). The molecule has 0 bridgehead atoms. The minimum absolute atomic E-state index is 0.0733. The minimum Gasteiger partial charge on any atom is -0.353 e. The molecule has 3 saturated heterocycles. The van der Waals surface area contributed by atoms with Crippen molar-refractivity contribution in [1.82, 2.24) is 31.3 Å². The fraction of sp³-hybridized carbons (Fsp3) is 0.958. The summed E-state index contributed by atoms with van der Waals surface area (Å²) in [5.74, 6) is 3.17. The van der Waals surface area contributed by atoms with Gasteiger partial charge in [0.15, 0.2) is 0 Å². The lowest BCUT2D eigenvalue weighted by Gasteiger charge is -2.46. The minimum atomic E-state index is 0.0733. The van der Waals surface area contributed by atoms with E-state index in [4.69, 9.17) is 5.73 Å². The Morgan fingerprint density at radius 3 is 2.88 bits per heavy atom. The molecule has 0 radical (unpaired) electrons. The first-order valence-electron chi connectivity index (χ1n) is 13.3. The molecule has 6 N–H and O–H groups in total. The lowest BCUT2D eigenvalue weighted by Crippen LogP contribution is -2.62. The van der Waals surface area contributed by atoms with Crippen molar-refractivity contribution in [2.75, 3.05) is 52.1 Å². The van der Waals surface area contributed by atoms with E-state index in [-0.39, 0.29) is 18.0 Å². The number of piperidine rings is 1. The van der Waals surface area contributed by atoms with E-state index >= 15 is 0 Å². The number of fused-ring (bicyclic) bond motifs is 1. The number of thioether (sulfide) groups is 1. The van der Waals surface area contributed by atoms with Crippen LogP contribution in [0.25, 0.3) is 0 Å². The summed E-state index contributed by atoms with van der Waals surface area (Å²) in [6.07, 6.45) is 6.35. The summed E-state index contributed by atoms with van der Waals surface area (Å²) < 4.78 is 0. The predicted molar refractivity (Wildman–Crippen MR) is 137 cm³/mol. The second kappa shape index (κ2) is 12.0. The van der Waals surface area contributed by atoms with E-state index in [9.17, 15) is 4.79 Å². The third-order valence-electron chi connectivity index (χ3n) is 8.25. The SMILES string of the molecule is CC(C)N1NCC2C(C(=O)NCC3NCCS3)CC(C3CCCC(CN(C)CCN)C3)NC21. The summed E-state index contributed by atoms with van der Waals surface area (Å²) in [6.45, 7) is 9.97. The smallest absolute Gasteiger partial charge is 0.223 e. The molecule has 8 nitrogen and oxygen atoms in total. The second-order valence-corrected chi connectivity index (χ2v) is 12.3. The Bertz CT molecular complexity index is 632. The topological polar surface area (TPSA) is 97.7 Å². The number of hydrazine groups is 1. The molecule has 1 amide bonds. The Hall–Kier alpha value is -0.420. The Labute approximate surface area is 204 Å². The first-order valence-corrected chi connectivity index (χ1v) is 14.3. The van der Waals surface area contributed by atoms with Gasteiger partial charge < -0.3 is 21.3 Å². The van der Waals surface area contributed by atoms with Crippen molar-refractivity contribution in [3.05, 3.63) is 0 Å². The highest BCUT2D eigenvalue weighted by Crippen LogP contribution is 2.39. The number of rotatable bonds is 9. The highest BCUT2D eigenvalue weighted by Gasteiger charge is 2.49. The van der Waals surface area contributed by atoms with Gasteiger partial charge in [-0.05, 0) is 58.4 Å². The summed E-state index contributed by atoms with van der Waals surface area (Å²) >= 11 is 1.92. The average Bonchev–Trinajstić information content (AvgIpc) is 3.47. The number of hydrogen-bond donors (Lipinski definition) is 5. The molecule has 3 heterocycles. The van der Waals surface area contributed by atoms with Crippen molar-refractivity contribution < 1.29 is 4.79 Å². The molecular weight excluding hydrogens is 434 g/mol. The van der Waals surface area contributed by atoms with Crippen molar-refractivity contribution in [1.29, 1.82) is 0 Å². The van der Waals surface area contributed by atoms with Crippen LogP contribution < -0.4 is 27.1 Å². The second-order valence-electron chi connectivity index (χ2n) is 11.0. The number of carbonyl (C=O) groups excluding carboxylic acids is 1. The van der Waals surface area contributed by atoms with Crippen LogP contribution in [-0.2, 0) is 4.79 Å². The maximum Gasteiger partial charge on any atom is 0.223 e. The van der Waals surface area contributed by atoms with Gasteiger partial charge in [0.05, 0.1) is 11.5 Å². The Morgan fingerprint density at radius 1 is 1.30 bits per heavy atom. The molecule has 1 saturated carbocycles. The molecule has 0 spiro atoms. The summed E-state index contributed by atoms with van der Waals surface area (Å²) in [5.41, 5.74) is 9.38. The lowest BCUT2D eigenvalue weighted by atomic mass is 9.71. The average molecular weight is 482 g/mol. The predicted octanol–water partition coefficient (Wildman–Crippen LogP) is 0.611. The molecule has 0 aromatic carbocycles. The first kappa shape index (κ1) is 25.7. The summed E-state index contributed by atoms with van der Waals surface area (Å²) in [6, 6.07) is 0.808. The third kappa shape index (κ3) is 6.42. The van der Waals surface area contributed by atoms with Crippen LogP contribution in [0.3, 0.4) is 0 Å². The van der Waals surface area contributed by atoms with Crippen molar-refractivity contribution in [3.63, 3.8) is 0 Å². The van der Waals surface area contributed by atoms with Crippen LogP contribution in [0.15, 0.2) is 0 Å². The third-order valence-corrected chi connectivity index (χ3v) is 9.42. The van der Waals surface area contributed by atoms with Gasteiger partial charge >= 0.3 is 0 Å². The molecule has 190 valence electrons. The fourth-order valence-corrected chi connectivity index (χ4v) is 7.57. The molecule has 7 atom stereocenters. The molecule has 9 heteroatoms. The van der Waals surface area contributed by atoms with Crippen LogP contribution in [-0.4, -0.2) is 91.5 Å². The van der Waals surface area contributed by atoms with E-state index in [2.05, 4.69) is 52.2 Å². The Balaban J connectivity index is 1.42. The van der Waals surface area contributed by atoms with Gasteiger partial charge in [-0.2, -0.15) is 0 Å². The van der Waals surface area contributed by atoms with Crippen molar-refractivity contribution in [2.45, 2.75) is 69.6 Å². The normalized spacial score (nSPS) is 37.6. The lowest BCUT2D eigenvalue weighted by molar-refractivity contribution is -0.129. The summed E-state index contributed by atoms with van der Waals surface area (Å²) in [5, 5.41) is 13.5. The zero-order chi connectivity index (χ0) is 23.4. The summed E-state index contributed by atoms with van der Waals surface area (Å²) in [7, 11) is 2.20. The van der Waals surface area contributed by atoms with Crippen molar-refractivity contribution in [3.8, 4) is 0 Å². The maximum atomic E-state index is 13.4. The number of nitrogens with two attached hydrogens (primary N) is 1. The number of nitrogens with one attached hydrogen (secondary N) is 4. The quantitative estimate of drug-likeness (QED) is 0.327. The van der Waals surface area contributed by atoms with E-state index in [1.54, 1.807) is 0 Å².